The van der Waals surface area contributed by atoms with Crippen molar-refractivity contribution >= 4 is 32.4 Å². The first-order valence-electron chi connectivity index (χ1n) is 4.53. The lowest BCUT2D eigenvalue weighted by atomic mass is 10.2. The van der Waals surface area contributed by atoms with Gasteiger partial charge in [0, 0.05) is 32.5 Å². The summed E-state index contributed by atoms with van der Waals surface area (Å²) in [6, 6.07) is 5.67. The molecule has 0 aliphatic carbocycles. The Morgan fingerprint density at radius 3 is 2.86 bits per heavy atom. The van der Waals surface area contributed by atoms with Crippen LogP contribution in [-0.2, 0) is 16.6 Å². The molecule has 2 nitrogen and oxygen atoms in total. The molecule has 0 bridgehead atoms. The molecule has 4 heteroatoms. The molecule has 2 N–H and O–H groups in total. The van der Waals surface area contributed by atoms with Crippen molar-refractivity contribution in [2.75, 3.05) is 11.5 Å². The largest absolute Gasteiger partial charge is 0.398 e. The van der Waals surface area contributed by atoms with Gasteiger partial charge in [-0.3, -0.25) is 4.21 Å². The van der Waals surface area contributed by atoms with E-state index in [-0.39, 0.29) is 0 Å². The normalized spacial score (nSPS) is 12.7. The van der Waals surface area contributed by atoms with E-state index in [1.54, 1.807) is 0 Å². The molecular weight excluding hydrogens is 262 g/mol. The van der Waals surface area contributed by atoms with Crippen molar-refractivity contribution in [2.45, 2.75) is 19.1 Å². The molecule has 0 radical (unpaired) electrons. The third-order valence-corrected chi connectivity index (χ3v) is 4.32. The Labute approximate surface area is 95.5 Å². The van der Waals surface area contributed by atoms with Crippen LogP contribution >= 0.6 is 15.9 Å². The molecule has 0 amide bonds. The fraction of sp³-hybridized carbons (Fsp3) is 0.400. The van der Waals surface area contributed by atoms with E-state index in [1.807, 2.05) is 25.1 Å². The predicted octanol–water partition coefficient (Wildman–Crippen LogP) is 2.69. The monoisotopic (exact) mass is 275 g/mol. The van der Waals surface area contributed by atoms with Crippen LogP contribution in [0.4, 0.5) is 5.69 Å². The fourth-order valence-electron chi connectivity index (χ4n) is 1.18. The highest BCUT2D eigenvalue weighted by Crippen LogP contribution is 2.24. The van der Waals surface area contributed by atoms with E-state index >= 15 is 0 Å². The van der Waals surface area contributed by atoms with Crippen LogP contribution in [0.2, 0.25) is 0 Å². The highest BCUT2D eigenvalue weighted by molar-refractivity contribution is 9.10. The maximum atomic E-state index is 11.5. The third-order valence-electron chi connectivity index (χ3n) is 1.86. The van der Waals surface area contributed by atoms with Gasteiger partial charge in [0.05, 0.1) is 0 Å². The van der Waals surface area contributed by atoms with E-state index in [0.29, 0.717) is 11.4 Å². The number of anilines is 1. The second-order valence-electron chi connectivity index (χ2n) is 3.11. The summed E-state index contributed by atoms with van der Waals surface area (Å²) in [4.78, 5) is 0. The Morgan fingerprint density at radius 1 is 1.50 bits per heavy atom. The first kappa shape index (κ1) is 11.7. The molecule has 1 atom stereocenters. The highest BCUT2D eigenvalue weighted by Gasteiger charge is 2.06. The van der Waals surface area contributed by atoms with Gasteiger partial charge in [0.15, 0.2) is 0 Å². The molecule has 1 rings (SSSR count). The van der Waals surface area contributed by atoms with Gasteiger partial charge in [-0.2, -0.15) is 0 Å². The van der Waals surface area contributed by atoms with Crippen molar-refractivity contribution in [3.8, 4) is 0 Å². The van der Waals surface area contributed by atoms with Gasteiger partial charge < -0.3 is 5.73 Å². The number of nitrogens with two attached hydrogens (primary N) is 1. The molecule has 0 saturated heterocycles. The maximum Gasteiger partial charge on any atom is 0.0497 e. The van der Waals surface area contributed by atoms with Crippen LogP contribution in [-0.4, -0.2) is 9.96 Å². The molecule has 0 spiro atoms. The van der Waals surface area contributed by atoms with Crippen LogP contribution in [0.15, 0.2) is 22.7 Å². The van der Waals surface area contributed by atoms with Gasteiger partial charge in [-0.15, -0.1) is 0 Å². The van der Waals surface area contributed by atoms with Crippen molar-refractivity contribution in [3.05, 3.63) is 28.2 Å². The standard InChI is InChI=1S/C10H14BrNOS/c1-2-6-14(13)7-8-4-3-5-9(12)10(8)11/h3-5H,2,6-7,12H2,1H3. The predicted molar refractivity (Wildman–Crippen MR) is 65.6 cm³/mol. The van der Waals surface area contributed by atoms with Crippen molar-refractivity contribution in [1.82, 2.24) is 0 Å². The number of rotatable bonds is 4. The molecular formula is C10H14BrNOS. The molecule has 0 heterocycles. The summed E-state index contributed by atoms with van der Waals surface area (Å²) in [5, 5.41) is 0. The summed E-state index contributed by atoms with van der Waals surface area (Å²) in [5.74, 6) is 1.33. The summed E-state index contributed by atoms with van der Waals surface area (Å²) in [5.41, 5.74) is 7.45. The molecule has 1 aromatic carbocycles. The van der Waals surface area contributed by atoms with Crippen LogP contribution in [0.25, 0.3) is 0 Å². The van der Waals surface area contributed by atoms with Gasteiger partial charge in [0.1, 0.15) is 0 Å². The summed E-state index contributed by atoms with van der Waals surface area (Å²) in [7, 11) is -0.775. The summed E-state index contributed by atoms with van der Waals surface area (Å²) in [6.45, 7) is 2.03. The Hall–Kier alpha value is -0.350. The van der Waals surface area contributed by atoms with E-state index in [9.17, 15) is 4.21 Å². The van der Waals surface area contributed by atoms with E-state index in [2.05, 4.69) is 15.9 Å². The smallest absolute Gasteiger partial charge is 0.0497 e. The van der Waals surface area contributed by atoms with Crippen LogP contribution < -0.4 is 5.73 Å². The topological polar surface area (TPSA) is 43.1 Å². The quantitative estimate of drug-likeness (QED) is 0.859. The van der Waals surface area contributed by atoms with Crippen LogP contribution in [0, 0.1) is 0 Å². The minimum absolute atomic E-state index is 0.583. The van der Waals surface area contributed by atoms with Crippen LogP contribution in [0.3, 0.4) is 0 Å². The average molecular weight is 276 g/mol. The number of benzene rings is 1. The molecule has 1 aromatic rings. The highest BCUT2D eigenvalue weighted by atomic mass is 79.9. The second kappa shape index (κ2) is 5.51. The van der Waals surface area contributed by atoms with E-state index in [4.69, 9.17) is 5.73 Å². The van der Waals surface area contributed by atoms with Gasteiger partial charge >= 0.3 is 0 Å². The first-order chi connectivity index (χ1) is 6.65. The molecule has 0 fully saturated rings. The lowest BCUT2D eigenvalue weighted by molar-refractivity contribution is 0.681. The van der Waals surface area contributed by atoms with Crippen molar-refractivity contribution in [2.24, 2.45) is 0 Å². The Balaban J connectivity index is 2.76. The molecule has 78 valence electrons. The average Bonchev–Trinajstić information content (AvgIpc) is 2.13. The van der Waals surface area contributed by atoms with Gasteiger partial charge in [-0.1, -0.05) is 19.1 Å². The van der Waals surface area contributed by atoms with Crippen molar-refractivity contribution in [3.63, 3.8) is 0 Å². The van der Waals surface area contributed by atoms with E-state index < -0.39 is 10.8 Å². The molecule has 0 aliphatic heterocycles. The first-order valence-corrected chi connectivity index (χ1v) is 6.81. The number of hydrogen-bond donors (Lipinski definition) is 1. The second-order valence-corrected chi connectivity index (χ2v) is 5.48. The van der Waals surface area contributed by atoms with E-state index in [0.717, 1.165) is 22.2 Å². The zero-order chi connectivity index (χ0) is 10.6. The molecule has 0 saturated carbocycles. The fourth-order valence-corrected chi connectivity index (χ4v) is 2.96. The molecule has 14 heavy (non-hydrogen) atoms. The van der Waals surface area contributed by atoms with Crippen LogP contribution in [0.1, 0.15) is 18.9 Å². The molecule has 1 unspecified atom stereocenters. The lowest BCUT2D eigenvalue weighted by Gasteiger charge is -2.06. The van der Waals surface area contributed by atoms with Crippen molar-refractivity contribution < 1.29 is 4.21 Å². The SMILES string of the molecule is CCCS(=O)Cc1cccc(N)c1Br. The summed E-state index contributed by atoms with van der Waals surface area (Å²) >= 11 is 3.40. The minimum atomic E-state index is -0.775. The molecule has 0 aromatic heterocycles. The van der Waals surface area contributed by atoms with E-state index in [1.165, 1.54) is 0 Å². The number of halogens is 1. The zero-order valence-corrected chi connectivity index (χ0v) is 10.5. The van der Waals surface area contributed by atoms with Crippen LogP contribution in [0.5, 0.6) is 0 Å². The summed E-state index contributed by atoms with van der Waals surface area (Å²) in [6.07, 6.45) is 0.951. The third kappa shape index (κ3) is 3.10. The van der Waals surface area contributed by atoms with Gasteiger partial charge in [-0.25, -0.2) is 0 Å². The summed E-state index contributed by atoms with van der Waals surface area (Å²) < 4.78 is 12.4. The number of nitrogen functional groups attached to an aromatic ring is 1. The van der Waals surface area contributed by atoms with Crippen molar-refractivity contribution in [1.29, 1.82) is 0 Å². The van der Waals surface area contributed by atoms with Gasteiger partial charge in [0.25, 0.3) is 0 Å². The Morgan fingerprint density at radius 2 is 2.21 bits per heavy atom. The Bertz CT molecular complexity index is 341. The minimum Gasteiger partial charge on any atom is -0.398 e. The number of hydrogen-bond acceptors (Lipinski definition) is 2. The van der Waals surface area contributed by atoms with Gasteiger partial charge in [-0.05, 0) is 34.0 Å². The zero-order valence-electron chi connectivity index (χ0n) is 8.13. The maximum absolute atomic E-state index is 11.5. The van der Waals surface area contributed by atoms with Gasteiger partial charge in [0.2, 0.25) is 0 Å². The molecule has 0 aliphatic rings. The Kier molecular flexibility index (Phi) is 4.62. The lowest BCUT2D eigenvalue weighted by Crippen LogP contribution is -2.01.